The monoisotopic (exact) mass is 451 g/mol. The van der Waals surface area contributed by atoms with Gasteiger partial charge in [-0.25, -0.2) is 9.97 Å². The molecule has 0 spiro atoms. The summed E-state index contributed by atoms with van der Waals surface area (Å²) in [5, 5.41) is 9.85. The molecule has 0 N–H and O–H groups in total. The van der Waals surface area contributed by atoms with Gasteiger partial charge in [-0.15, -0.1) is 0 Å². The van der Waals surface area contributed by atoms with Crippen LogP contribution in [0.2, 0.25) is 0 Å². The molecule has 1 aliphatic rings. The Morgan fingerprint density at radius 2 is 1.85 bits per heavy atom. The maximum Gasteiger partial charge on any atom is 0.433 e. The average molecular weight is 451 g/mol. The quantitative estimate of drug-likeness (QED) is 0.581. The summed E-state index contributed by atoms with van der Waals surface area (Å²) >= 11 is 0. The standard InChI is InChI=1S/C24H20F3N5O/c25-24(26,27)21-6-5-17(14-30-21)13-23(15-28)8-11-32(12-9-23)22(33)19-4-2-1-3-18(19)20-7-10-29-16-31-20/h1-7,10,14,16H,8-9,11-13H2. The highest BCUT2D eigenvalue weighted by molar-refractivity contribution is 6.00. The molecule has 2 aromatic heterocycles. The van der Waals surface area contributed by atoms with Crippen LogP contribution in [0.25, 0.3) is 11.3 Å². The number of pyridine rings is 1. The molecular weight excluding hydrogens is 431 g/mol. The lowest BCUT2D eigenvalue weighted by atomic mass is 9.75. The molecule has 6 nitrogen and oxygen atoms in total. The molecule has 1 amide bonds. The minimum absolute atomic E-state index is 0.146. The van der Waals surface area contributed by atoms with E-state index in [0.29, 0.717) is 48.3 Å². The van der Waals surface area contributed by atoms with Gasteiger partial charge in [0, 0.05) is 36.6 Å². The number of amides is 1. The lowest BCUT2D eigenvalue weighted by Crippen LogP contribution is -2.43. The summed E-state index contributed by atoms with van der Waals surface area (Å²) in [4.78, 5) is 26.6. The van der Waals surface area contributed by atoms with Crippen LogP contribution in [0, 0.1) is 16.7 Å². The maximum atomic E-state index is 13.3. The topological polar surface area (TPSA) is 82.8 Å². The molecular formula is C24H20F3N5O. The molecule has 0 atom stereocenters. The first kappa shape index (κ1) is 22.4. The highest BCUT2D eigenvalue weighted by Gasteiger charge is 2.37. The summed E-state index contributed by atoms with van der Waals surface area (Å²) in [6, 6.07) is 13.6. The first-order chi connectivity index (χ1) is 15.8. The first-order valence-corrected chi connectivity index (χ1v) is 10.4. The predicted octanol–water partition coefficient (Wildman–Crippen LogP) is 4.55. The molecule has 168 valence electrons. The smallest absolute Gasteiger partial charge is 0.339 e. The minimum Gasteiger partial charge on any atom is -0.339 e. The Bertz CT molecular complexity index is 1170. The van der Waals surface area contributed by atoms with Crippen LogP contribution in [-0.4, -0.2) is 38.8 Å². The second-order valence-electron chi connectivity index (χ2n) is 8.05. The van der Waals surface area contributed by atoms with Crippen LogP contribution in [-0.2, 0) is 12.6 Å². The van der Waals surface area contributed by atoms with E-state index in [1.807, 2.05) is 12.1 Å². The maximum absolute atomic E-state index is 13.3. The van der Waals surface area contributed by atoms with Gasteiger partial charge in [-0.3, -0.25) is 9.78 Å². The van der Waals surface area contributed by atoms with Crippen molar-refractivity contribution in [2.75, 3.05) is 13.1 Å². The van der Waals surface area contributed by atoms with E-state index in [9.17, 15) is 23.2 Å². The molecule has 0 aliphatic carbocycles. The Labute approximate surface area is 188 Å². The van der Waals surface area contributed by atoms with Gasteiger partial charge in [-0.1, -0.05) is 24.3 Å². The minimum atomic E-state index is -4.50. The number of piperidine rings is 1. The van der Waals surface area contributed by atoms with Crippen LogP contribution >= 0.6 is 0 Å². The zero-order valence-corrected chi connectivity index (χ0v) is 17.6. The van der Waals surface area contributed by atoms with Crippen LogP contribution in [0.4, 0.5) is 13.2 Å². The number of hydrogen-bond acceptors (Lipinski definition) is 5. The Balaban J connectivity index is 1.47. The molecule has 0 radical (unpaired) electrons. The van der Waals surface area contributed by atoms with Gasteiger partial charge in [-0.2, -0.15) is 18.4 Å². The molecule has 1 aliphatic heterocycles. The van der Waals surface area contributed by atoms with E-state index in [1.165, 1.54) is 18.6 Å². The Morgan fingerprint density at radius 3 is 2.45 bits per heavy atom. The van der Waals surface area contributed by atoms with E-state index < -0.39 is 17.3 Å². The Morgan fingerprint density at radius 1 is 1.09 bits per heavy atom. The second kappa shape index (κ2) is 8.98. The number of nitrogens with zero attached hydrogens (tertiary/aromatic N) is 5. The number of likely N-dealkylation sites (tertiary alicyclic amines) is 1. The molecule has 1 saturated heterocycles. The van der Waals surface area contributed by atoms with Crippen molar-refractivity contribution >= 4 is 5.91 Å². The van der Waals surface area contributed by atoms with Gasteiger partial charge in [0.25, 0.3) is 5.91 Å². The number of rotatable bonds is 4. The van der Waals surface area contributed by atoms with Gasteiger partial charge in [0.15, 0.2) is 0 Å². The fourth-order valence-electron chi connectivity index (χ4n) is 4.07. The molecule has 9 heteroatoms. The number of carbonyl (C=O) groups excluding carboxylic acids is 1. The van der Waals surface area contributed by atoms with Crippen molar-refractivity contribution in [2.45, 2.75) is 25.4 Å². The third kappa shape index (κ3) is 4.85. The molecule has 0 bridgehead atoms. The van der Waals surface area contributed by atoms with Crippen LogP contribution in [0.5, 0.6) is 0 Å². The van der Waals surface area contributed by atoms with E-state index in [1.54, 1.807) is 29.3 Å². The molecule has 1 aromatic carbocycles. The van der Waals surface area contributed by atoms with Crippen LogP contribution < -0.4 is 0 Å². The molecule has 3 aromatic rings. The fraction of sp³-hybridized carbons (Fsp3) is 0.292. The number of alkyl halides is 3. The van der Waals surface area contributed by atoms with Gasteiger partial charge in [0.2, 0.25) is 0 Å². The third-order valence-corrected chi connectivity index (χ3v) is 5.92. The van der Waals surface area contributed by atoms with E-state index in [4.69, 9.17) is 0 Å². The van der Waals surface area contributed by atoms with Gasteiger partial charge >= 0.3 is 6.18 Å². The van der Waals surface area contributed by atoms with Crippen molar-refractivity contribution in [3.63, 3.8) is 0 Å². The largest absolute Gasteiger partial charge is 0.433 e. The molecule has 1 fully saturated rings. The summed E-state index contributed by atoms with van der Waals surface area (Å²) in [6.07, 6.45) is 0.847. The average Bonchev–Trinajstić information content (AvgIpc) is 2.84. The van der Waals surface area contributed by atoms with Crippen molar-refractivity contribution in [1.29, 1.82) is 5.26 Å². The molecule has 3 heterocycles. The number of hydrogen-bond donors (Lipinski definition) is 0. The zero-order chi connectivity index (χ0) is 23.5. The van der Waals surface area contributed by atoms with Crippen LogP contribution in [0.15, 0.2) is 61.2 Å². The molecule has 0 saturated carbocycles. The lowest BCUT2D eigenvalue weighted by Gasteiger charge is -2.37. The first-order valence-electron chi connectivity index (χ1n) is 10.4. The molecule has 4 rings (SSSR count). The summed E-state index contributed by atoms with van der Waals surface area (Å²) in [5.41, 5.74) is 0.723. The van der Waals surface area contributed by atoms with E-state index in [-0.39, 0.29) is 12.3 Å². The lowest BCUT2D eigenvalue weighted by molar-refractivity contribution is -0.141. The summed E-state index contributed by atoms with van der Waals surface area (Å²) in [7, 11) is 0. The fourth-order valence-corrected chi connectivity index (χ4v) is 4.07. The Hall–Kier alpha value is -3.80. The number of aromatic nitrogens is 3. The van der Waals surface area contributed by atoms with Crippen molar-refractivity contribution in [3.05, 3.63) is 78.0 Å². The summed E-state index contributed by atoms with van der Waals surface area (Å²) in [5.74, 6) is -0.146. The highest BCUT2D eigenvalue weighted by atomic mass is 19.4. The normalized spacial score (nSPS) is 15.6. The number of carbonyl (C=O) groups is 1. The van der Waals surface area contributed by atoms with E-state index >= 15 is 0 Å². The number of benzene rings is 1. The van der Waals surface area contributed by atoms with Gasteiger partial charge in [0.05, 0.1) is 17.2 Å². The SMILES string of the molecule is N#CC1(Cc2ccc(C(F)(F)F)nc2)CCN(C(=O)c2ccccc2-c2ccncn2)CC1. The predicted molar refractivity (Wildman–Crippen MR) is 114 cm³/mol. The van der Waals surface area contributed by atoms with Crippen molar-refractivity contribution in [1.82, 2.24) is 19.9 Å². The van der Waals surface area contributed by atoms with E-state index in [0.717, 1.165) is 6.07 Å². The molecule has 33 heavy (non-hydrogen) atoms. The van der Waals surface area contributed by atoms with Gasteiger partial charge < -0.3 is 4.90 Å². The van der Waals surface area contributed by atoms with Crippen LogP contribution in [0.1, 0.15) is 34.5 Å². The molecule has 0 unspecified atom stereocenters. The Kier molecular flexibility index (Phi) is 6.09. The van der Waals surface area contributed by atoms with Gasteiger partial charge in [-0.05, 0) is 43.0 Å². The second-order valence-corrected chi connectivity index (χ2v) is 8.05. The van der Waals surface area contributed by atoms with Crippen molar-refractivity contribution in [2.24, 2.45) is 5.41 Å². The number of nitriles is 1. The van der Waals surface area contributed by atoms with Crippen molar-refractivity contribution in [3.8, 4) is 17.3 Å². The summed E-state index contributed by atoms with van der Waals surface area (Å²) < 4.78 is 38.3. The summed E-state index contributed by atoms with van der Waals surface area (Å²) in [6.45, 7) is 0.747. The van der Waals surface area contributed by atoms with Gasteiger partial charge in [0.1, 0.15) is 12.0 Å². The van der Waals surface area contributed by atoms with Crippen molar-refractivity contribution < 1.29 is 18.0 Å². The number of halogens is 3. The van der Waals surface area contributed by atoms with E-state index in [2.05, 4.69) is 21.0 Å². The zero-order valence-electron chi connectivity index (χ0n) is 17.6. The third-order valence-electron chi connectivity index (χ3n) is 5.92. The van der Waals surface area contributed by atoms with Crippen LogP contribution in [0.3, 0.4) is 0 Å². The highest BCUT2D eigenvalue weighted by Crippen LogP contribution is 2.36.